The highest BCUT2D eigenvalue weighted by Crippen LogP contribution is 2.34. The maximum Gasteiger partial charge on any atom is 0.264 e. The molecule has 0 unspecified atom stereocenters. The molecule has 10 heteroatoms. The van der Waals surface area contributed by atoms with Crippen molar-refractivity contribution in [3.8, 4) is 17.2 Å². The molecule has 1 N–H and O–H groups in total. The number of sulfonamides is 1. The normalized spacial score (nSPS) is 12.6. The lowest BCUT2D eigenvalue weighted by Crippen LogP contribution is -2.40. The summed E-state index contributed by atoms with van der Waals surface area (Å²) in [6.45, 7) is 2.81. The third-order valence-electron chi connectivity index (χ3n) is 5.23. The fourth-order valence-electron chi connectivity index (χ4n) is 3.49. The molecule has 8 nitrogen and oxygen atoms in total. The molecule has 0 aromatic heterocycles. The molecule has 1 amide bonds. The van der Waals surface area contributed by atoms with Gasteiger partial charge in [0.05, 0.1) is 17.2 Å². The molecule has 35 heavy (non-hydrogen) atoms. The zero-order chi connectivity index (χ0) is 24.8. The van der Waals surface area contributed by atoms with E-state index in [1.807, 2.05) is 19.1 Å². The largest absolute Gasteiger partial charge is 0.494 e. The third-order valence-corrected chi connectivity index (χ3v) is 7.00. The van der Waals surface area contributed by atoms with E-state index in [2.05, 4.69) is 5.32 Å². The van der Waals surface area contributed by atoms with Gasteiger partial charge in [0.1, 0.15) is 31.3 Å². The molecule has 184 valence electrons. The van der Waals surface area contributed by atoms with Gasteiger partial charge in [-0.15, -0.1) is 0 Å². The van der Waals surface area contributed by atoms with Crippen molar-refractivity contribution in [3.63, 3.8) is 0 Å². The van der Waals surface area contributed by atoms with E-state index in [-0.39, 0.29) is 17.1 Å². The number of halogens is 1. The molecule has 0 atom stereocenters. The van der Waals surface area contributed by atoms with E-state index in [4.69, 9.17) is 14.2 Å². The minimum absolute atomic E-state index is 0.0783. The Bertz CT molecular complexity index is 1280. The van der Waals surface area contributed by atoms with Gasteiger partial charge >= 0.3 is 0 Å². The van der Waals surface area contributed by atoms with Gasteiger partial charge in [0.15, 0.2) is 11.5 Å². The Morgan fingerprint density at radius 3 is 2.37 bits per heavy atom. The van der Waals surface area contributed by atoms with Crippen LogP contribution in [0.25, 0.3) is 0 Å². The molecule has 0 bridgehead atoms. The topological polar surface area (TPSA) is 94.2 Å². The first-order valence-electron chi connectivity index (χ1n) is 11.0. The highest BCUT2D eigenvalue weighted by Gasteiger charge is 2.29. The molecule has 0 radical (unpaired) electrons. The van der Waals surface area contributed by atoms with Crippen LogP contribution in [-0.2, 0) is 21.4 Å². The first kappa shape index (κ1) is 24.3. The number of benzene rings is 3. The third kappa shape index (κ3) is 5.83. The number of anilines is 1. The SMILES string of the molecule is CCOc1ccc(CNC(=O)CN(c2ccc(F)cc2)S(=O)(=O)c2ccc3c(c2)OCCO3)cc1. The van der Waals surface area contributed by atoms with Crippen LogP contribution in [0, 0.1) is 5.82 Å². The number of hydrogen-bond donors (Lipinski definition) is 1. The molecule has 0 spiro atoms. The summed E-state index contributed by atoms with van der Waals surface area (Å²) < 4.78 is 57.9. The number of nitrogens with one attached hydrogen (secondary N) is 1. The number of nitrogens with zero attached hydrogens (tertiary/aromatic N) is 1. The predicted molar refractivity (Wildman–Crippen MR) is 128 cm³/mol. The first-order chi connectivity index (χ1) is 16.9. The van der Waals surface area contributed by atoms with Gasteiger partial charge in [-0.2, -0.15) is 0 Å². The zero-order valence-electron chi connectivity index (χ0n) is 19.1. The van der Waals surface area contributed by atoms with Crippen molar-refractivity contribution in [1.29, 1.82) is 0 Å². The molecule has 3 aromatic rings. The Labute approximate surface area is 203 Å². The van der Waals surface area contributed by atoms with Crippen molar-refractivity contribution in [1.82, 2.24) is 5.32 Å². The predicted octanol–water partition coefficient (Wildman–Crippen LogP) is 3.51. The number of ether oxygens (including phenoxy) is 3. The second-order valence-electron chi connectivity index (χ2n) is 7.65. The van der Waals surface area contributed by atoms with Crippen LogP contribution in [0.5, 0.6) is 17.2 Å². The number of carbonyl (C=O) groups is 1. The summed E-state index contributed by atoms with van der Waals surface area (Å²) in [5.41, 5.74) is 0.974. The van der Waals surface area contributed by atoms with Gasteiger partial charge in [0.2, 0.25) is 5.91 Å². The van der Waals surface area contributed by atoms with Crippen LogP contribution in [0.15, 0.2) is 71.6 Å². The summed E-state index contributed by atoms with van der Waals surface area (Å²) in [5, 5.41) is 2.73. The molecule has 0 saturated heterocycles. The molecule has 0 aliphatic carbocycles. The van der Waals surface area contributed by atoms with Crippen molar-refractivity contribution in [2.24, 2.45) is 0 Å². The van der Waals surface area contributed by atoms with Crippen LogP contribution < -0.4 is 23.8 Å². The number of hydrogen-bond acceptors (Lipinski definition) is 6. The lowest BCUT2D eigenvalue weighted by molar-refractivity contribution is -0.119. The fourth-order valence-corrected chi connectivity index (χ4v) is 4.93. The maximum absolute atomic E-state index is 13.6. The minimum atomic E-state index is -4.19. The lowest BCUT2D eigenvalue weighted by Gasteiger charge is -2.25. The van der Waals surface area contributed by atoms with Crippen molar-refractivity contribution in [3.05, 3.63) is 78.1 Å². The van der Waals surface area contributed by atoms with Crippen LogP contribution in [-0.4, -0.2) is 40.7 Å². The quantitative estimate of drug-likeness (QED) is 0.483. The summed E-state index contributed by atoms with van der Waals surface area (Å²) >= 11 is 0. The lowest BCUT2D eigenvalue weighted by atomic mass is 10.2. The number of amides is 1. The number of rotatable bonds is 9. The van der Waals surface area contributed by atoms with E-state index < -0.39 is 28.3 Å². The standard InChI is InChI=1S/C25H25FN2O6S/c1-2-32-21-9-3-18(4-10-21)16-27-25(29)17-28(20-7-5-19(26)6-8-20)35(30,31)22-11-12-23-24(15-22)34-14-13-33-23/h3-12,15H,2,13-14,16-17H2,1H3,(H,27,29). The van der Waals surface area contributed by atoms with Crippen molar-refractivity contribution in [2.75, 3.05) is 30.7 Å². The zero-order valence-corrected chi connectivity index (χ0v) is 19.9. The molecule has 1 aliphatic rings. The molecule has 1 heterocycles. The Morgan fingerprint density at radius 2 is 1.69 bits per heavy atom. The second-order valence-corrected chi connectivity index (χ2v) is 9.51. The van der Waals surface area contributed by atoms with Gasteiger partial charge in [-0.1, -0.05) is 12.1 Å². The van der Waals surface area contributed by atoms with E-state index >= 15 is 0 Å². The van der Waals surface area contributed by atoms with Crippen LogP contribution in [0.1, 0.15) is 12.5 Å². The van der Waals surface area contributed by atoms with Crippen LogP contribution in [0.4, 0.5) is 10.1 Å². The van der Waals surface area contributed by atoms with Crippen LogP contribution in [0.2, 0.25) is 0 Å². The highest BCUT2D eigenvalue weighted by atomic mass is 32.2. The molecule has 3 aromatic carbocycles. The number of fused-ring (bicyclic) bond motifs is 1. The first-order valence-corrected chi connectivity index (χ1v) is 12.5. The van der Waals surface area contributed by atoms with Crippen molar-refractivity contribution < 1.29 is 31.8 Å². The highest BCUT2D eigenvalue weighted by molar-refractivity contribution is 7.92. The summed E-state index contributed by atoms with van der Waals surface area (Å²) in [4.78, 5) is 12.7. The van der Waals surface area contributed by atoms with Crippen molar-refractivity contribution >= 4 is 21.6 Å². The van der Waals surface area contributed by atoms with E-state index in [0.29, 0.717) is 31.3 Å². The summed E-state index contributed by atoms with van der Waals surface area (Å²) in [5.74, 6) is 0.415. The van der Waals surface area contributed by atoms with E-state index in [1.54, 1.807) is 12.1 Å². The van der Waals surface area contributed by atoms with E-state index in [0.717, 1.165) is 27.8 Å². The van der Waals surface area contributed by atoms with Gasteiger partial charge in [-0.25, -0.2) is 12.8 Å². The van der Waals surface area contributed by atoms with Crippen LogP contribution >= 0.6 is 0 Å². The summed E-state index contributed by atoms with van der Waals surface area (Å²) in [6.07, 6.45) is 0. The van der Waals surface area contributed by atoms with Gasteiger partial charge < -0.3 is 19.5 Å². The van der Waals surface area contributed by atoms with Gasteiger partial charge in [0, 0.05) is 12.6 Å². The number of carbonyl (C=O) groups excluding carboxylic acids is 1. The Hall–Kier alpha value is -3.79. The summed E-state index contributed by atoms with van der Waals surface area (Å²) in [6, 6.07) is 16.4. The molecule has 1 aliphatic heterocycles. The molecular weight excluding hydrogens is 475 g/mol. The molecule has 0 fully saturated rings. The molecule has 4 rings (SSSR count). The Kier molecular flexibility index (Phi) is 7.40. The second kappa shape index (κ2) is 10.6. The Morgan fingerprint density at radius 1 is 1.00 bits per heavy atom. The maximum atomic E-state index is 13.6. The van der Waals surface area contributed by atoms with Crippen LogP contribution in [0.3, 0.4) is 0 Å². The smallest absolute Gasteiger partial charge is 0.264 e. The summed E-state index contributed by atoms with van der Waals surface area (Å²) in [7, 11) is -4.19. The molecular formula is C25H25FN2O6S. The van der Waals surface area contributed by atoms with E-state index in [1.165, 1.54) is 30.3 Å². The van der Waals surface area contributed by atoms with E-state index in [9.17, 15) is 17.6 Å². The minimum Gasteiger partial charge on any atom is -0.494 e. The average molecular weight is 501 g/mol. The Balaban J connectivity index is 1.55. The fraction of sp³-hybridized carbons (Fsp3) is 0.240. The average Bonchev–Trinajstić information content (AvgIpc) is 2.87. The van der Waals surface area contributed by atoms with Crippen molar-refractivity contribution in [2.45, 2.75) is 18.4 Å². The van der Waals surface area contributed by atoms with Gasteiger partial charge in [0.25, 0.3) is 10.0 Å². The molecule has 0 saturated carbocycles. The monoisotopic (exact) mass is 500 g/mol. The van der Waals surface area contributed by atoms with Gasteiger partial charge in [-0.3, -0.25) is 9.10 Å². The van der Waals surface area contributed by atoms with Gasteiger partial charge in [-0.05, 0) is 61.0 Å².